The maximum atomic E-state index is 9.19. The average molecular weight is 211 g/mol. The van der Waals surface area contributed by atoms with Gasteiger partial charge in [-0.1, -0.05) is 20.8 Å². The summed E-state index contributed by atoms with van der Waals surface area (Å²) in [6.07, 6.45) is 4.01. The molecule has 0 heterocycles. The topological polar surface area (TPSA) is 80.4 Å². The largest absolute Gasteiger partial charge is 0.325 e. The van der Waals surface area contributed by atoms with Crippen LogP contribution in [0.3, 0.4) is 0 Å². The zero-order valence-electron chi connectivity index (χ0n) is 8.87. The summed E-state index contributed by atoms with van der Waals surface area (Å²) in [7, 11) is -3.67. The number of nitrogens with two attached hydrogens (primary N) is 1. The zero-order valence-corrected chi connectivity index (χ0v) is 9.69. The van der Waals surface area contributed by atoms with Crippen LogP contribution < -0.4 is 5.73 Å². The Labute approximate surface area is 81.3 Å². The maximum Gasteiger partial charge on any atom is 0.261 e. The summed E-state index contributed by atoms with van der Waals surface area (Å²) >= 11 is 0. The summed E-state index contributed by atoms with van der Waals surface area (Å²) in [5.41, 5.74) is 6.02. The van der Waals surface area contributed by atoms with Gasteiger partial charge in [-0.2, -0.15) is 8.42 Å². The molecule has 0 saturated carbocycles. The first kappa shape index (κ1) is 15.3. The van der Waals surface area contributed by atoms with Crippen LogP contribution in [0.2, 0.25) is 0 Å². The second-order valence-electron chi connectivity index (χ2n) is 3.16. The minimum atomic E-state index is -3.67. The van der Waals surface area contributed by atoms with Crippen LogP contribution in [-0.4, -0.2) is 24.8 Å². The highest BCUT2D eigenvalue weighted by Crippen LogP contribution is 2.14. The first-order valence-electron chi connectivity index (χ1n) is 4.39. The molecular weight excluding hydrogens is 190 g/mol. The normalized spacial score (nSPS) is 11.8. The second-order valence-corrected chi connectivity index (χ2v) is 4.62. The van der Waals surface area contributed by atoms with Crippen LogP contribution in [0.25, 0.3) is 0 Å². The van der Waals surface area contributed by atoms with E-state index in [1.807, 2.05) is 0 Å². The summed E-state index contributed by atoms with van der Waals surface area (Å²) in [6.45, 7) is 6.44. The molecule has 13 heavy (non-hydrogen) atoms. The predicted octanol–water partition coefficient (Wildman–Crippen LogP) is 1.42. The Kier molecular flexibility index (Phi) is 7.49. The van der Waals surface area contributed by atoms with Crippen LogP contribution in [0.1, 0.15) is 40.0 Å². The first-order valence-corrected chi connectivity index (χ1v) is 6.24. The molecule has 0 fully saturated rings. The summed E-state index contributed by atoms with van der Waals surface area (Å²) < 4.78 is 25.9. The van der Waals surface area contributed by atoms with Crippen molar-refractivity contribution in [2.24, 2.45) is 5.73 Å². The summed E-state index contributed by atoms with van der Waals surface area (Å²) in [4.78, 5) is 0. The maximum absolute atomic E-state index is 9.19. The quantitative estimate of drug-likeness (QED) is 0.692. The van der Waals surface area contributed by atoms with Crippen LogP contribution >= 0.6 is 0 Å². The van der Waals surface area contributed by atoms with E-state index in [2.05, 4.69) is 20.8 Å². The van der Waals surface area contributed by atoms with Gasteiger partial charge in [0, 0.05) is 5.54 Å². The van der Waals surface area contributed by atoms with Crippen molar-refractivity contribution in [1.29, 1.82) is 0 Å². The lowest BCUT2D eigenvalue weighted by Crippen LogP contribution is -2.37. The highest BCUT2D eigenvalue weighted by molar-refractivity contribution is 7.85. The van der Waals surface area contributed by atoms with E-state index < -0.39 is 10.1 Å². The van der Waals surface area contributed by atoms with E-state index in [1.54, 1.807) is 0 Å². The van der Waals surface area contributed by atoms with Crippen molar-refractivity contribution in [2.75, 3.05) is 6.26 Å². The summed E-state index contributed by atoms with van der Waals surface area (Å²) in [5, 5.41) is 0. The lowest BCUT2D eigenvalue weighted by molar-refractivity contribution is 0.383. The lowest BCUT2D eigenvalue weighted by atomic mass is 9.92. The standard InChI is InChI=1S/C7H17N.CH4O3S/c1-4-7(8,5-2)6-3;1-5(2,3)4/h4-6,8H2,1-3H3;1H3,(H,2,3,4). The molecule has 0 rings (SSSR count). The van der Waals surface area contributed by atoms with Gasteiger partial charge >= 0.3 is 0 Å². The Balaban J connectivity index is 0. The molecule has 0 aromatic rings. The fraction of sp³-hybridized carbons (Fsp3) is 1.00. The van der Waals surface area contributed by atoms with Gasteiger partial charge in [0.1, 0.15) is 0 Å². The molecule has 0 aromatic carbocycles. The molecule has 0 spiro atoms. The molecule has 0 amide bonds. The van der Waals surface area contributed by atoms with Gasteiger partial charge in [0.25, 0.3) is 10.1 Å². The first-order chi connectivity index (χ1) is 5.68. The highest BCUT2D eigenvalue weighted by Gasteiger charge is 2.15. The van der Waals surface area contributed by atoms with Crippen molar-refractivity contribution in [1.82, 2.24) is 0 Å². The monoisotopic (exact) mass is 211 g/mol. The molecule has 4 nitrogen and oxygen atoms in total. The number of rotatable bonds is 3. The van der Waals surface area contributed by atoms with Gasteiger partial charge in [0.05, 0.1) is 6.26 Å². The van der Waals surface area contributed by atoms with Crippen LogP contribution in [0.5, 0.6) is 0 Å². The lowest BCUT2D eigenvalue weighted by Gasteiger charge is -2.23. The van der Waals surface area contributed by atoms with E-state index in [9.17, 15) is 8.42 Å². The Morgan fingerprint density at radius 2 is 1.31 bits per heavy atom. The minimum absolute atomic E-state index is 0.125. The minimum Gasteiger partial charge on any atom is -0.325 e. The van der Waals surface area contributed by atoms with Crippen molar-refractivity contribution < 1.29 is 13.0 Å². The Morgan fingerprint density at radius 1 is 1.15 bits per heavy atom. The van der Waals surface area contributed by atoms with E-state index in [1.165, 1.54) is 0 Å². The van der Waals surface area contributed by atoms with Crippen LogP contribution in [0.15, 0.2) is 0 Å². The molecule has 0 saturated heterocycles. The van der Waals surface area contributed by atoms with Gasteiger partial charge in [0.2, 0.25) is 0 Å². The fourth-order valence-corrected chi connectivity index (χ4v) is 0.750. The number of hydrogen-bond donors (Lipinski definition) is 2. The summed E-state index contributed by atoms with van der Waals surface area (Å²) in [6, 6.07) is 0. The van der Waals surface area contributed by atoms with Crippen molar-refractivity contribution in [3.63, 3.8) is 0 Å². The molecule has 82 valence electrons. The zero-order chi connectivity index (χ0) is 11.1. The van der Waals surface area contributed by atoms with Crippen LogP contribution in [-0.2, 0) is 10.1 Å². The van der Waals surface area contributed by atoms with Crippen molar-refractivity contribution in [3.05, 3.63) is 0 Å². The van der Waals surface area contributed by atoms with E-state index in [0.29, 0.717) is 6.26 Å². The molecule has 0 aliphatic rings. The SMILES string of the molecule is CCC(N)(CC)CC.CS(=O)(=O)O. The molecule has 0 unspecified atom stereocenters. The Bertz CT molecular complexity index is 191. The van der Waals surface area contributed by atoms with Gasteiger partial charge in [-0.25, -0.2) is 0 Å². The molecule has 0 aliphatic heterocycles. The van der Waals surface area contributed by atoms with E-state index in [0.717, 1.165) is 19.3 Å². The molecule has 0 atom stereocenters. The fourth-order valence-electron chi connectivity index (χ4n) is 0.750. The van der Waals surface area contributed by atoms with E-state index in [4.69, 9.17) is 10.3 Å². The Hall–Kier alpha value is -0.130. The molecule has 3 N–H and O–H groups in total. The molecule has 0 aromatic heterocycles. The predicted molar refractivity (Wildman–Crippen MR) is 55.3 cm³/mol. The Morgan fingerprint density at radius 3 is 1.31 bits per heavy atom. The van der Waals surface area contributed by atoms with Gasteiger partial charge in [-0.3, -0.25) is 4.55 Å². The van der Waals surface area contributed by atoms with Crippen molar-refractivity contribution in [2.45, 2.75) is 45.6 Å². The average Bonchev–Trinajstić information content (AvgIpc) is 2.00. The molecular formula is C8H21NO3S. The second kappa shape index (κ2) is 6.34. The third-order valence-corrected chi connectivity index (χ3v) is 2.11. The number of hydrogen-bond acceptors (Lipinski definition) is 3. The molecule has 5 heteroatoms. The third-order valence-electron chi connectivity index (χ3n) is 2.11. The van der Waals surface area contributed by atoms with Gasteiger partial charge in [-0.15, -0.1) is 0 Å². The molecule has 0 radical (unpaired) electrons. The van der Waals surface area contributed by atoms with Crippen LogP contribution in [0.4, 0.5) is 0 Å². The van der Waals surface area contributed by atoms with Crippen molar-refractivity contribution >= 4 is 10.1 Å². The van der Waals surface area contributed by atoms with E-state index in [-0.39, 0.29) is 5.54 Å². The van der Waals surface area contributed by atoms with Gasteiger partial charge < -0.3 is 5.73 Å². The summed E-state index contributed by atoms with van der Waals surface area (Å²) in [5.74, 6) is 0. The third kappa shape index (κ3) is 14.7. The smallest absolute Gasteiger partial charge is 0.261 e. The molecule has 0 aliphatic carbocycles. The van der Waals surface area contributed by atoms with Gasteiger partial charge in [0.15, 0.2) is 0 Å². The van der Waals surface area contributed by atoms with Crippen molar-refractivity contribution in [3.8, 4) is 0 Å². The van der Waals surface area contributed by atoms with Crippen LogP contribution in [0, 0.1) is 0 Å². The van der Waals surface area contributed by atoms with E-state index >= 15 is 0 Å². The van der Waals surface area contributed by atoms with Gasteiger partial charge in [-0.05, 0) is 19.3 Å². The molecule has 0 bridgehead atoms. The highest BCUT2D eigenvalue weighted by atomic mass is 32.2.